The van der Waals surface area contributed by atoms with Crippen LogP contribution in [0.4, 0.5) is 11.4 Å². The molecule has 2 atom stereocenters. The summed E-state index contributed by atoms with van der Waals surface area (Å²) in [7, 11) is -13.1. The molecule has 0 saturated heterocycles. The standard InChI is InChI=1S/C37H40N2O13S4/c1-24(40)51-27(8-4-6-25-14-16-36(2)30-22-28(53-52-41)10-12-32(30)38(34(25)36)18-20-54(42,43)44)9-5-7-26-15-17-37(3)31-23-29(56(48,49)50)11-13-33(31)39(35(26)37)19-21-55(45,46)47/h4-13,22-23H,14-21H2,1-3H3,(H3-,41,42,43,44,45,46,47,48,49,50)/p+1. The van der Waals surface area contributed by atoms with Crippen molar-refractivity contribution in [3.8, 4) is 0 Å². The number of anilines is 1. The molecule has 2 heterocycles. The zero-order valence-electron chi connectivity index (χ0n) is 30.6. The van der Waals surface area contributed by atoms with Crippen molar-refractivity contribution in [3.63, 3.8) is 0 Å². The Morgan fingerprint density at radius 3 is 2.30 bits per heavy atom. The van der Waals surface area contributed by atoms with Gasteiger partial charge in [0, 0.05) is 52.4 Å². The summed E-state index contributed by atoms with van der Waals surface area (Å²) in [6, 6.07) is 9.56. The molecule has 0 aromatic heterocycles. The number of carbonyl (C=O) groups excluding carboxylic acids is 1. The number of hydrogen-bond acceptors (Lipinski definition) is 12. The van der Waals surface area contributed by atoms with Crippen LogP contribution in [0.25, 0.3) is 0 Å². The first-order valence-electron chi connectivity index (χ1n) is 17.4. The predicted molar refractivity (Wildman–Crippen MR) is 209 cm³/mol. The second-order valence-corrected chi connectivity index (χ2v) is 19.7. The molecule has 19 heteroatoms. The zero-order chi connectivity index (χ0) is 40.8. The van der Waals surface area contributed by atoms with E-state index in [2.05, 4.69) is 4.33 Å². The summed E-state index contributed by atoms with van der Waals surface area (Å²) in [6.45, 7) is 5.10. The van der Waals surface area contributed by atoms with Crippen LogP contribution in [0.3, 0.4) is 0 Å². The second kappa shape index (κ2) is 15.4. The van der Waals surface area contributed by atoms with Gasteiger partial charge in [-0.2, -0.15) is 34.2 Å². The maximum absolute atomic E-state index is 12.1. The Morgan fingerprint density at radius 1 is 0.929 bits per heavy atom. The van der Waals surface area contributed by atoms with Crippen LogP contribution in [0.15, 0.2) is 105 Å². The van der Waals surface area contributed by atoms with Crippen LogP contribution < -0.4 is 4.90 Å². The SMILES string of the molecule is CC(=O)OC(=C\C=C\C1=C2N(CCS(=O)(=O)O)c3ccc(S(=O)(=O)O)cc3C2(C)CC1)/C=C/C=C1\CCC2(C)C1=[N+](CCS(=O)(=O)O)c1ccc(SOO)cc12. The van der Waals surface area contributed by atoms with E-state index in [1.807, 2.05) is 36.6 Å². The van der Waals surface area contributed by atoms with Crippen molar-refractivity contribution in [1.82, 2.24) is 0 Å². The van der Waals surface area contributed by atoms with E-state index in [-0.39, 0.29) is 23.7 Å². The lowest BCUT2D eigenvalue weighted by molar-refractivity contribution is -0.432. The molecule has 0 spiro atoms. The molecule has 1 saturated carbocycles. The van der Waals surface area contributed by atoms with E-state index in [0.29, 0.717) is 41.8 Å². The smallest absolute Gasteiger partial charge is 0.308 e. The summed E-state index contributed by atoms with van der Waals surface area (Å²) < 4.78 is 112. The van der Waals surface area contributed by atoms with Gasteiger partial charge in [-0.25, -0.2) is 5.26 Å². The van der Waals surface area contributed by atoms with Crippen molar-refractivity contribution in [2.75, 3.05) is 29.5 Å². The predicted octanol–water partition coefficient (Wildman–Crippen LogP) is 5.67. The molecular formula is C37H41N2O13S4+. The van der Waals surface area contributed by atoms with Crippen molar-refractivity contribution in [2.45, 2.75) is 67.1 Å². The minimum atomic E-state index is -4.52. The Kier molecular flexibility index (Phi) is 11.5. The molecule has 2 aromatic carbocycles. The third-order valence-electron chi connectivity index (χ3n) is 10.6. The van der Waals surface area contributed by atoms with E-state index in [1.54, 1.807) is 41.3 Å². The number of rotatable bonds is 14. The zero-order valence-corrected chi connectivity index (χ0v) is 33.8. The van der Waals surface area contributed by atoms with E-state index < -0.39 is 58.7 Å². The van der Waals surface area contributed by atoms with Crippen LogP contribution >= 0.6 is 12.0 Å². The van der Waals surface area contributed by atoms with Gasteiger partial charge in [-0.1, -0.05) is 24.3 Å². The number of nitrogens with zero attached hydrogens (tertiary/aromatic N) is 2. The lowest BCUT2D eigenvalue weighted by Gasteiger charge is -2.26. The van der Waals surface area contributed by atoms with Crippen LogP contribution in [-0.2, 0) is 55.0 Å². The molecule has 2 aliphatic heterocycles. The summed E-state index contributed by atoms with van der Waals surface area (Å²) in [6.07, 6.45) is 12.6. The first-order valence-corrected chi connectivity index (χ1v) is 22.8. The molecule has 2 aromatic rings. The minimum absolute atomic E-state index is 0.00109. The number of ether oxygens (including phenoxy) is 1. The van der Waals surface area contributed by atoms with Crippen molar-refractivity contribution in [1.29, 1.82) is 0 Å². The molecule has 300 valence electrons. The third-order valence-corrected chi connectivity index (χ3v) is 13.4. The molecule has 1 fully saturated rings. The summed E-state index contributed by atoms with van der Waals surface area (Å²) in [5.41, 5.74) is 4.88. The molecule has 2 aliphatic carbocycles. The Labute approximate surface area is 329 Å². The van der Waals surface area contributed by atoms with Gasteiger partial charge in [0.2, 0.25) is 5.69 Å². The molecule has 0 amide bonds. The van der Waals surface area contributed by atoms with Gasteiger partial charge in [-0.3, -0.25) is 18.5 Å². The quantitative estimate of drug-likeness (QED) is 0.0263. The molecular weight excluding hydrogens is 809 g/mol. The number of carbonyl (C=O) groups is 1. The molecule has 4 aliphatic rings. The van der Waals surface area contributed by atoms with Gasteiger partial charge in [0.25, 0.3) is 30.4 Å². The number of benzene rings is 2. The molecule has 0 radical (unpaired) electrons. The summed E-state index contributed by atoms with van der Waals surface area (Å²) in [4.78, 5) is 14.2. The van der Waals surface area contributed by atoms with Gasteiger partial charge in [-0.05, 0) is 93.2 Å². The van der Waals surface area contributed by atoms with Crippen LogP contribution in [0, 0.1) is 0 Å². The third kappa shape index (κ3) is 8.51. The van der Waals surface area contributed by atoms with E-state index in [9.17, 15) is 43.7 Å². The number of hydrogen-bond donors (Lipinski definition) is 4. The van der Waals surface area contributed by atoms with E-state index >= 15 is 0 Å². The molecule has 0 bridgehead atoms. The average molecular weight is 850 g/mol. The van der Waals surface area contributed by atoms with Crippen molar-refractivity contribution in [2.24, 2.45) is 0 Å². The van der Waals surface area contributed by atoms with Crippen molar-refractivity contribution < 1.29 is 62.6 Å². The highest BCUT2D eigenvalue weighted by atomic mass is 32.2. The highest BCUT2D eigenvalue weighted by Gasteiger charge is 2.54. The molecule has 6 rings (SSSR count). The Morgan fingerprint density at radius 2 is 1.64 bits per heavy atom. The number of allylic oxidation sites excluding steroid dienone is 9. The molecule has 4 N–H and O–H groups in total. The van der Waals surface area contributed by atoms with Crippen LogP contribution in [0.5, 0.6) is 0 Å². The molecule has 15 nitrogen and oxygen atoms in total. The van der Waals surface area contributed by atoms with Crippen molar-refractivity contribution in [3.05, 3.63) is 107 Å². The summed E-state index contributed by atoms with van der Waals surface area (Å²) >= 11 is 0.784. The fourth-order valence-corrected chi connectivity index (χ4v) is 10.0. The average Bonchev–Trinajstić information content (AvgIpc) is 3.75. The van der Waals surface area contributed by atoms with Crippen molar-refractivity contribution >= 4 is 65.5 Å². The first-order chi connectivity index (χ1) is 26.1. The Balaban J connectivity index is 1.33. The first kappa shape index (κ1) is 41.7. The highest BCUT2D eigenvalue weighted by molar-refractivity contribution is 7.94. The highest BCUT2D eigenvalue weighted by Crippen LogP contribution is 2.56. The van der Waals surface area contributed by atoms with E-state index in [1.165, 1.54) is 25.1 Å². The maximum Gasteiger partial charge on any atom is 0.308 e. The van der Waals surface area contributed by atoms with Gasteiger partial charge in [-0.15, -0.1) is 0 Å². The lowest BCUT2D eigenvalue weighted by Crippen LogP contribution is -2.30. The maximum atomic E-state index is 12.1. The van der Waals surface area contributed by atoms with Gasteiger partial charge in [0.05, 0.1) is 28.1 Å². The van der Waals surface area contributed by atoms with Gasteiger partial charge >= 0.3 is 5.97 Å². The normalized spacial score (nSPS) is 23.2. The largest absolute Gasteiger partial charge is 0.427 e. The fraction of sp³-hybridized carbons (Fsp3) is 0.351. The van der Waals surface area contributed by atoms with Crippen LogP contribution in [0.2, 0.25) is 0 Å². The topological polar surface area (TPSA) is 225 Å². The minimum Gasteiger partial charge on any atom is -0.427 e. The summed E-state index contributed by atoms with van der Waals surface area (Å²) in [5, 5.41) is 9.00. The number of esters is 1. The van der Waals surface area contributed by atoms with Crippen LogP contribution in [-0.4, -0.2) is 85.0 Å². The van der Waals surface area contributed by atoms with Gasteiger partial charge < -0.3 is 9.64 Å². The monoisotopic (exact) mass is 849 g/mol. The Bertz CT molecular complexity index is 2520. The van der Waals surface area contributed by atoms with E-state index in [0.717, 1.165) is 45.8 Å². The van der Waals surface area contributed by atoms with Crippen LogP contribution in [0.1, 0.15) is 57.6 Å². The molecule has 56 heavy (non-hydrogen) atoms. The van der Waals surface area contributed by atoms with Gasteiger partial charge in [0.15, 0.2) is 12.3 Å². The number of fused-ring (bicyclic) bond motifs is 6. The molecule has 2 unspecified atom stereocenters. The van der Waals surface area contributed by atoms with Gasteiger partial charge in [0.1, 0.15) is 11.5 Å². The lowest BCUT2D eigenvalue weighted by atomic mass is 9.81. The second-order valence-electron chi connectivity index (χ2n) is 14.3. The Hall–Kier alpha value is -3.92. The van der Waals surface area contributed by atoms with E-state index in [4.69, 9.17) is 9.99 Å². The fourth-order valence-electron chi connectivity index (χ4n) is 8.31. The summed E-state index contributed by atoms with van der Waals surface area (Å²) in [5.74, 6) is -1.45.